The summed E-state index contributed by atoms with van der Waals surface area (Å²) in [4.78, 5) is 14.7. The number of phenolic OH excluding ortho intramolecular Hbond substituents is 2. The number of benzene rings is 3. The first-order valence-corrected chi connectivity index (χ1v) is 10.8. The highest BCUT2D eigenvalue weighted by molar-refractivity contribution is 5.97. The second-order valence-corrected chi connectivity index (χ2v) is 8.25. The van der Waals surface area contributed by atoms with Crippen molar-refractivity contribution in [2.24, 2.45) is 5.92 Å². The number of carbonyl (C=O) groups is 1. The fraction of sp³-hybridized carbons (Fsp3) is 0.269. The summed E-state index contributed by atoms with van der Waals surface area (Å²) in [5, 5.41) is 30.7. The molecule has 1 heterocycles. The SMILES string of the molecule is O=C1C[C@H](CCC[C@H](O)c2ccc(F)cc2)[C@@H](c2ccc(O)cc2O)N1c1ccccc1. The van der Waals surface area contributed by atoms with Gasteiger partial charge in [0.25, 0.3) is 0 Å². The first kappa shape index (κ1) is 21.8. The highest BCUT2D eigenvalue weighted by atomic mass is 19.1. The van der Waals surface area contributed by atoms with Crippen LogP contribution in [0.5, 0.6) is 11.5 Å². The molecule has 1 aliphatic rings. The van der Waals surface area contributed by atoms with E-state index in [9.17, 15) is 24.5 Å². The van der Waals surface area contributed by atoms with Gasteiger partial charge in [-0.1, -0.05) is 36.8 Å². The highest BCUT2D eigenvalue weighted by Gasteiger charge is 2.42. The number of aromatic hydroxyl groups is 2. The lowest BCUT2D eigenvalue weighted by Gasteiger charge is -2.29. The number of hydrogen-bond acceptors (Lipinski definition) is 4. The van der Waals surface area contributed by atoms with Crippen molar-refractivity contribution in [2.45, 2.75) is 37.8 Å². The van der Waals surface area contributed by atoms with Crippen LogP contribution in [-0.4, -0.2) is 21.2 Å². The quantitative estimate of drug-likeness (QED) is 0.474. The molecule has 0 aliphatic carbocycles. The van der Waals surface area contributed by atoms with Crippen molar-refractivity contribution in [3.63, 3.8) is 0 Å². The Bertz CT molecular complexity index is 1070. The Kier molecular flexibility index (Phi) is 6.42. The van der Waals surface area contributed by atoms with Gasteiger partial charge in [-0.2, -0.15) is 0 Å². The molecular weight excluding hydrogens is 409 g/mol. The fourth-order valence-corrected chi connectivity index (χ4v) is 4.55. The van der Waals surface area contributed by atoms with Gasteiger partial charge in [-0.25, -0.2) is 4.39 Å². The molecule has 0 saturated carbocycles. The van der Waals surface area contributed by atoms with Crippen LogP contribution in [0.2, 0.25) is 0 Å². The van der Waals surface area contributed by atoms with E-state index in [1.165, 1.54) is 24.3 Å². The van der Waals surface area contributed by atoms with Crippen molar-refractivity contribution in [1.82, 2.24) is 0 Å². The number of halogens is 1. The standard InChI is InChI=1S/C26H26FNO4/c27-19-11-9-17(10-12-19)23(30)8-4-5-18-15-25(32)28(20-6-2-1-3-7-20)26(18)22-14-13-21(29)16-24(22)31/h1-3,6-7,9-14,16,18,23,26,29-31H,4-5,8,15H2/t18-,23-,26-/m0/s1. The zero-order chi connectivity index (χ0) is 22.7. The summed E-state index contributed by atoms with van der Waals surface area (Å²) in [6.07, 6.45) is 1.42. The molecule has 1 amide bonds. The van der Waals surface area contributed by atoms with Crippen molar-refractivity contribution in [3.05, 3.63) is 89.7 Å². The number of nitrogens with zero attached hydrogens (tertiary/aromatic N) is 1. The van der Waals surface area contributed by atoms with E-state index < -0.39 is 6.10 Å². The van der Waals surface area contributed by atoms with Gasteiger partial charge in [-0.15, -0.1) is 0 Å². The summed E-state index contributed by atoms with van der Waals surface area (Å²) in [7, 11) is 0. The minimum atomic E-state index is -0.710. The molecule has 3 N–H and O–H groups in total. The number of aliphatic hydroxyl groups excluding tert-OH is 1. The Hall–Kier alpha value is -3.38. The average molecular weight is 435 g/mol. The molecular formula is C26H26FNO4. The van der Waals surface area contributed by atoms with Crippen molar-refractivity contribution < 1.29 is 24.5 Å². The van der Waals surface area contributed by atoms with Gasteiger partial charge in [0.05, 0.1) is 12.1 Å². The maximum atomic E-state index is 13.1. The average Bonchev–Trinajstić information content (AvgIpc) is 3.10. The van der Waals surface area contributed by atoms with Gasteiger partial charge >= 0.3 is 0 Å². The summed E-state index contributed by atoms with van der Waals surface area (Å²) >= 11 is 0. The maximum absolute atomic E-state index is 13.1. The maximum Gasteiger partial charge on any atom is 0.227 e. The van der Waals surface area contributed by atoms with Crippen LogP contribution in [0.1, 0.15) is 49.0 Å². The smallest absolute Gasteiger partial charge is 0.227 e. The summed E-state index contributed by atoms with van der Waals surface area (Å²) in [5.41, 5.74) is 2.00. The van der Waals surface area contributed by atoms with E-state index >= 15 is 0 Å². The van der Waals surface area contributed by atoms with Crippen molar-refractivity contribution in [3.8, 4) is 11.5 Å². The number of carbonyl (C=O) groups excluding carboxylic acids is 1. The van der Waals surface area contributed by atoms with Crippen LogP contribution in [0.3, 0.4) is 0 Å². The van der Waals surface area contributed by atoms with E-state index in [0.717, 1.165) is 5.69 Å². The van der Waals surface area contributed by atoms with Gasteiger partial charge in [0.15, 0.2) is 0 Å². The third-order valence-corrected chi connectivity index (χ3v) is 6.10. The molecule has 1 aliphatic heterocycles. The summed E-state index contributed by atoms with van der Waals surface area (Å²) in [6.45, 7) is 0. The molecule has 32 heavy (non-hydrogen) atoms. The van der Waals surface area contributed by atoms with E-state index in [1.54, 1.807) is 23.1 Å². The Labute approximate surface area is 186 Å². The molecule has 1 saturated heterocycles. The zero-order valence-corrected chi connectivity index (χ0v) is 17.6. The molecule has 1 fully saturated rings. The molecule has 6 heteroatoms. The molecule has 3 aromatic carbocycles. The van der Waals surface area contributed by atoms with Crippen LogP contribution in [0, 0.1) is 11.7 Å². The molecule has 0 aromatic heterocycles. The number of aliphatic hydroxyl groups is 1. The van der Waals surface area contributed by atoms with Crippen LogP contribution in [0.4, 0.5) is 10.1 Å². The topological polar surface area (TPSA) is 81.0 Å². The van der Waals surface area contributed by atoms with Gasteiger partial charge in [0, 0.05) is 23.7 Å². The number of para-hydroxylation sites is 1. The van der Waals surface area contributed by atoms with Gasteiger partial charge < -0.3 is 20.2 Å². The Balaban J connectivity index is 1.54. The van der Waals surface area contributed by atoms with Crippen LogP contribution in [0.15, 0.2) is 72.8 Å². The van der Waals surface area contributed by atoms with Gasteiger partial charge in [-0.05, 0) is 60.7 Å². The van der Waals surface area contributed by atoms with Crippen LogP contribution in [-0.2, 0) is 4.79 Å². The van der Waals surface area contributed by atoms with E-state index in [-0.39, 0.29) is 35.2 Å². The van der Waals surface area contributed by atoms with E-state index in [4.69, 9.17) is 0 Å². The number of amides is 1. The normalized spacial score (nSPS) is 19.3. The number of rotatable bonds is 7. The fourth-order valence-electron chi connectivity index (χ4n) is 4.55. The molecule has 166 valence electrons. The van der Waals surface area contributed by atoms with Crippen LogP contribution >= 0.6 is 0 Å². The lowest BCUT2D eigenvalue weighted by molar-refractivity contribution is -0.117. The van der Waals surface area contributed by atoms with Crippen LogP contribution in [0.25, 0.3) is 0 Å². The predicted octanol–water partition coefficient (Wildman–Crippen LogP) is 5.24. The van der Waals surface area contributed by atoms with Crippen molar-refractivity contribution in [2.75, 3.05) is 4.90 Å². The number of hydrogen-bond donors (Lipinski definition) is 3. The molecule has 3 aromatic rings. The number of phenols is 2. The lowest BCUT2D eigenvalue weighted by atomic mass is 9.88. The second kappa shape index (κ2) is 9.40. The lowest BCUT2D eigenvalue weighted by Crippen LogP contribution is -2.28. The van der Waals surface area contributed by atoms with Gasteiger partial charge in [0.2, 0.25) is 5.91 Å². The van der Waals surface area contributed by atoms with Gasteiger partial charge in [0.1, 0.15) is 17.3 Å². The Morgan fingerprint density at radius 2 is 1.72 bits per heavy atom. The van der Waals surface area contributed by atoms with E-state index in [1.807, 2.05) is 30.3 Å². The van der Waals surface area contributed by atoms with Crippen LogP contribution < -0.4 is 4.90 Å². The molecule has 5 nitrogen and oxygen atoms in total. The predicted molar refractivity (Wildman–Crippen MR) is 120 cm³/mol. The first-order chi connectivity index (χ1) is 15.4. The molecule has 3 atom stereocenters. The summed E-state index contributed by atoms with van der Waals surface area (Å²) in [6, 6.07) is 19.2. The molecule has 0 unspecified atom stereocenters. The summed E-state index contributed by atoms with van der Waals surface area (Å²) < 4.78 is 13.1. The van der Waals surface area contributed by atoms with Gasteiger partial charge in [-0.3, -0.25) is 4.79 Å². The monoisotopic (exact) mass is 435 g/mol. The van der Waals surface area contributed by atoms with E-state index in [2.05, 4.69) is 0 Å². The van der Waals surface area contributed by atoms with E-state index in [0.29, 0.717) is 36.8 Å². The molecule has 0 spiro atoms. The Morgan fingerprint density at radius 1 is 1.00 bits per heavy atom. The molecule has 4 rings (SSSR count). The third kappa shape index (κ3) is 4.60. The zero-order valence-electron chi connectivity index (χ0n) is 17.6. The largest absolute Gasteiger partial charge is 0.508 e. The minimum absolute atomic E-state index is 0.0299. The van der Waals surface area contributed by atoms with Crippen molar-refractivity contribution >= 4 is 11.6 Å². The highest BCUT2D eigenvalue weighted by Crippen LogP contribution is 2.46. The minimum Gasteiger partial charge on any atom is -0.508 e. The third-order valence-electron chi connectivity index (χ3n) is 6.10. The molecule has 0 bridgehead atoms. The summed E-state index contributed by atoms with van der Waals surface area (Å²) in [5.74, 6) is -0.540. The number of anilines is 1. The second-order valence-electron chi connectivity index (χ2n) is 8.25. The first-order valence-electron chi connectivity index (χ1n) is 10.8. The Morgan fingerprint density at radius 3 is 2.41 bits per heavy atom. The van der Waals surface area contributed by atoms with Crippen molar-refractivity contribution in [1.29, 1.82) is 0 Å². The molecule has 0 radical (unpaired) electrons.